The number of allylic oxidation sites excluding steroid dienone is 2. The summed E-state index contributed by atoms with van der Waals surface area (Å²) in [4.78, 5) is 63.8. The first-order chi connectivity index (χ1) is 20.7. The summed E-state index contributed by atoms with van der Waals surface area (Å²) in [5.74, 6) is -0.809. The molecule has 0 aromatic heterocycles. The van der Waals surface area contributed by atoms with Gasteiger partial charge in [0.2, 0.25) is 17.6 Å². The lowest BCUT2D eigenvalue weighted by Gasteiger charge is -2.37. The number of amides is 2. The lowest BCUT2D eigenvalue weighted by Crippen LogP contribution is -2.40. The van der Waals surface area contributed by atoms with E-state index in [1.54, 1.807) is 12.1 Å². The van der Waals surface area contributed by atoms with Crippen molar-refractivity contribution in [3.05, 3.63) is 105 Å². The molecule has 5 aliphatic rings. The highest BCUT2D eigenvalue weighted by Gasteiger charge is 2.67. The monoisotopic (exact) mass is 598 g/mol. The maximum Gasteiger partial charge on any atom is 0.338 e. The Hall–Kier alpha value is -4.83. The van der Waals surface area contributed by atoms with E-state index >= 15 is 0 Å². The number of halogens is 1. The molecule has 3 fully saturated rings. The molecule has 0 spiro atoms. The van der Waals surface area contributed by atoms with E-state index in [2.05, 4.69) is 12.2 Å². The molecule has 4 aliphatic carbocycles. The minimum absolute atomic E-state index is 0.0615. The SMILES string of the molecule is O=C(COC(=O)c1ccc(N2C(=O)[C@H]3[C@@H]4C=C[C@@H]([C@H]5C[C@H]45)[C@@H]3C2=O)cc1)c1ccc(Oc2c(Cl)cccc2[N+](=O)[O-])cc1. The first-order valence-electron chi connectivity index (χ1n) is 13.8. The molecule has 2 bridgehead atoms. The van der Waals surface area contributed by atoms with Crippen molar-refractivity contribution in [1.82, 2.24) is 0 Å². The second-order valence-electron chi connectivity index (χ2n) is 11.2. The largest absolute Gasteiger partial charge is 0.454 e. The zero-order valence-corrected chi connectivity index (χ0v) is 23.2. The first kappa shape index (κ1) is 27.0. The molecule has 1 aliphatic heterocycles. The van der Waals surface area contributed by atoms with Crippen LogP contribution in [0.25, 0.3) is 0 Å². The summed E-state index contributed by atoms with van der Waals surface area (Å²) < 4.78 is 10.8. The molecule has 8 rings (SSSR count). The molecular weight excluding hydrogens is 576 g/mol. The molecule has 1 heterocycles. The number of nitro benzene ring substituents is 1. The zero-order chi connectivity index (χ0) is 30.0. The maximum absolute atomic E-state index is 13.3. The van der Waals surface area contributed by atoms with Crippen molar-refractivity contribution < 1.29 is 33.6 Å². The van der Waals surface area contributed by atoms with E-state index in [1.807, 2.05) is 0 Å². The number of nitrogens with zero attached hydrogens (tertiary/aromatic N) is 2. The Morgan fingerprint density at radius 3 is 2.09 bits per heavy atom. The summed E-state index contributed by atoms with van der Waals surface area (Å²) in [6.07, 6.45) is 5.32. The molecule has 2 amide bonds. The van der Waals surface area contributed by atoms with Gasteiger partial charge in [-0.3, -0.25) is 29.4 Å². The average Bonchev–Trinajstić information content (AvgIpc) is 3.79. The highest BCUT2D eigenvalue weighted by Crippen LogP contribution is 2.65. The molecule has 1 saturated heterocycles. The molecule has 10 nitrogen and oxygen atoms in total. The van der Waals surface area contributed by atoms with Crippen LogP contribution in [0.5, 0.6) is 11.5 Å². The van der Waals surface area contributed by atoms with Gasteiger partial charge in [-0.15, -0.1) is 0 Å². The minimum atomic E-state index is -0.735. The summed E-state index contributed by atoms with van der Waals surface area (Å²) in [7, 11) is 0. The Morgan fingerprint density at radius 2 is 1.49 bits per heavy atom. The molecule has 0 radical (unpaired) electrons. The average molecular weight is 599 g/mol. The van der Waals surface area contributed by atoms with Crippen molar-refractivity contribution in [2.75, 3.05) is 11.5 Å². The molecule has 3 aromatic rings. The molecule has 6 atom stereocenters. The van der Waals surface area contributed by atoms with Crippen molar-refractivity contribution in [2.45, 2.75) is 6.42 Å². The Morgan fingerprint density at radius 1 is 0.884 bits per heavy atom. The van der Waals surface area contributed by atoms with Gasteiger partial charge in [-0.25, -0.2) is 4.79 Å². The number of ketones is 1. The number of carbonyl (C=O) groups is 4. The highest BCUT2D eigenvalue weighted by molar-refractivity contribution is 6.32. The number of hydrogen-bond donors (Lipinski definition) is 0. The number of esters is 1. The van der Waals surface area contributed by atoms with Crippen LogP contribution in [0.3, 0.4) is 0 Å². The third kappa shape index (κ3) is 4.49. The lowest BCUT2D eigenvalue weighted by molar-refractivity contribution is -0.385. The Bertz CT molecular complexity index is 1700. The fraction of sp³-hybridized carbons (Fsp3) is 0.250. The van der Waals surface area contributed by atoms with E-state index in [-0.39, 0.29) is 68.8 Å². The van der Waals surface area contributed by atoms with E-state index in [9.17, 15) is 29.3 Å². The number of carbonyl (C=O) groups excluding carboxylic acids is 4. The quantitative estimate of drug-likeness (QED) is 0.0812. The number of nitro groups is 1. The molecule has 0 unspecified atom stereocenters. The third-order valence-corrected chi connectivity index (χ3v) is 9.20. The van der Waals surface area contributed by atoms with Crippen molar-refractivity contribution in [1.29, 1.82) is 0 Å². The van der Waals surface area contributed by atoms with E-state index in [0.29, 0.717) is 17.5 Å². The summed E-state index contributed by atoms with van der Waals surface area (Å²) in [5.41, 5.74) is 0.512. The molecule has 0 N–H and O–H groups in total. The van der Waals surface area contributed by atoms with E-state index in [0.717, 1.165) is 6.42 Å². The predicted octanol–water partition coefficient (Wildman–Crippen LogP) is 5.64. The number of hydrogen-bond acceptors (Lipinski definition) is 8. The summed E-state index contributed by atoms with van der Waals surface area (Å²) in [5, 5.41) is 11.3. The molecular formula is C32H23ClN2O8. The molecule has 11 heteroatoms. The van der Waals surface area contributed by atoms with Crippen LogP contribution in [0.1, 0.15) is 27.1 Å². The van der Waals surface area contributed by atoms with Gasteiger partial charge in [-0.2, -0.15) is 0 Å². The van der Waals surface area contributed by atoms with Gasteiger partial charge in [0.1, 0.15) is 5.75 Å². The number of rotatable bonds is 8. The molecule has 216 valence electrons. The number of para-hydroxylation sites is 1. The van der Waals surface area contributed by atoms with Gasteiger partial charge in [-0.1, -0.05) is 29.8 Å². The van der Waals surface area contributed by atoms with Gasteiger partial charge in [0.25, 0.3) is 0 Å². The normalized spacial score (nSPS) is 26.1. The van der Waals surface area contributed by atoms with Crippen LogP contribution in [0, 0.1) is 45.6 Å². The van der Waals surface area contributed by atoms with Crippen LogP contribution < -0.4 is 9.64 Å². The topological polar surface area (TPSA) is 133 Å². The van der Waals surface area contributed by atoms with Gasteiger partial charge >= 0.3 is 11.7 Å². The van der Waals surface area contributed by atoms with Crippen molar-refractivity contribution >= 4 is 46.5 Å². The maximum atomic E-state index is 13.3. The van der Waals surface area contributed by atoms with E-state index < -0.39 is 23.3 Å². The predicted molar refractivity (Wildman–Crippen MR) is 153 cm³/mol. The Kier molecular flexibility index (Phi) is 6.39. The van der Waals surface area contributed by atoms with Gasteiger partial charge < -0.3 is 9.47 Å². The standard InChI is InChI=1S/C32H23ClN2O8/c33-24-2-1-3-25(35(40)41)29(24)43-19-10-6-16(7-11-19)26(36)15-42-32(39)17-4-8-18(9-5-17)34-30(37)27-20-12-13-21(23-14-22(20)23)28(27)31(34)38/h1-13,20-23,27-28H,14-15H2/t20-,21+,22-,23-,27+,28+/m1/s1. The fourth-order valence-electron chi connectivity index (χ4n) is 6.82. The first-order valence-corrected chi connectivity index (χ1v) is 14.2. The Balaban J connectivity index is 0.967. The van der Waals surface area contributed by atoms with E-state index in [1.165, 1.54) is 59.5 Å². The smallest absolute Gasteiger partial charge is 0.338 e. The van der Waals surface area contributed by atoms with Gasteiger partial charge in [0.15, 0.2) is 12.4 Å². The van der Waals surface area contributed by atoms with E-state index in [4.69, 9.17) is 21.1 Å². The third-order valence-electron chi connectivity index (χ3n) is 8.90. The number of anilines is 1. The number of imide groups is 1. The minimum Gasteiger partial charge on any atom is -0.454 e. The van der Waals surface area contributed by atoms with Crippen LogP contribution in [0.15, 0.2) is 78.9 Å². The van der Waals surface area contributed by atoms with Crippen molar-refractivity contribution in [3.63, 3.8) is 0 Å². The number of Topliss-reactive ketones (excluding diaryl/α,β-unsaturated/α-hetero) is 1. The highest BCUT2D eigenvalue weighted by atomic mass is 35.5. The van der Waals surface area contributed by atoms with Crippen LogP contribution in [0.2, 0.25) is 5.02 Å². The van der Waals surface area contributed by atoms with Crippen LogP contribution in [-0.4, -0.2) is 35.1 Å². The lowest BCUT2D eigenvalue weighted by atomic mass is 9.63. The van der Waals surface area contributed by atoms with Crippen LogP contribution in [0.4, 0.5) is 11.4 Å². The van der Waals surface area contributed by atoms with Crippen molar-refractivity contribution in [3.8, 4) is 11.5 Å². The molecule has 3 aromatic carbocycles. The van der Waals surface area contributed by atoms with Crippen LogP contribution in [-0.2, 0) is 14.3 Å². The van der Waals surface area contributed by atoms with Gasteiger partial charge in [0, 0.05) is 11.6 Å². The second kappa shape index (κ2) is 10.2. The fourth-order valence-corrected chi connectivity index (χ4v) is 7.03. The molecule has 2 saturated carbocycles. The van der Waals surface area contributed by atoms with Gasteiger partial charge in [0.05, 0.1) is 33.0 Å². The molecule has 43 heavy (non-hydrogen) atoms. The van der Waals surface area contributed by atoms with Gasteiger partial charge in [-0.05, 0) is 84.7 Å². The summed E-state index contributed by atoms with van der Waals surface area (Å²) >= 11 is 6.06. The Labute approximate surface area is 250 Å². The second-order valence-corrected chi connectivity index (χ2v) is 11.6. The number of ether oxygens (including phenoxy) is 2. The number of benzene rings is 3. The van der Waals surface area contributed by atoms with Crippen LogP contribution >= 0.6 is 11.6 Å². The van der Waals surface area contributed by atoms with Crippen molar-refractivity contribution in [2.24, 2.45) is 35.5 Å². The summed E-state index contributed by atoms with van der Waals surface area (Å²) in [6.45, 7) is -0.526. The zero-order valence-electron chi connectivity index (χ0n) is 22.4. The summed E-state index contributed by atoms with van der Waals surface area (Å²) in [6, 6.07) is 16.0.